The molecule has 1 amide bonds. The van der Waals surface area contributed by atoms with Gasteiger partial charge >= 0.3 is 0 Å². The first-order valence-corrected chi connectivity index (χ1v) is 10.6. The van der Waals surface area contributed by atoms with Crippen molar-refractivity contribution in [2.75, 3.05) is 12.0 Å². The highest BCUT2D eigenvalue weighted by molar-refractivity contribution is 7.22. The van der Waals surface area contributed by atoms with Gasteiger partial charge in [0.05, 0.1) is 31.0 Å². The molecule has 2 aromatic heterocycles. The second kappa shape index (κ2) is 8.32. The van der Waals surface area contributed by atoms with Gasteiger partial charge in [-0.05, 0) is 55.7 Å². The summed E-state index contributed by atoms with van der Waals surface area (Å²) in [6, 6.07) is 13.8. The van der Waals surface area contributed by atoms with E-state index >= 15 is 0 Å². The number of rotatable bonds is 6. The largest absolute Gasteiger partial charge is 0.494 e. The second-order valence-corrected chi connectivity index (χ2v) is 8.40. The van der Waals surface area contributed by atoms with Crippen molar-refractivity contribution in [3.8, 4) is 5.75 Å². The molecule has 5 nitrogen and oxygen atoms in total. The first-order valence-electron chi connectivity index (χ1n) is 9.79. The molecule has 0 saturated heterocycles. The van der Waals surface area contributed by atoms with Gasteiger partial charge in [-0.3, -0.25) is 9.69 Å². The first-order chi connectivity index (χ1) is 14.5. The lowest BCUT2D eigenvalue weighted by atomic mass is 10.0. The third kappa shape index (κ3) is 3.96. The molecular formula is C24H24N2O3S. The molecule has 30 heavy (non-hydrogen) atoms. The van der Waals surface area contributed by atoms with Crippen molar-refractivity contribution in [1.29, 1.82) is 0 Å². The van der Waals surface area contributed by atoms with Crippen molar-refractivity contribution in [1.82, 2.24) is 4.98 Å². The summed E-state index contributed by atoms with van der Waals surface area (Å²) in [5, 5.41) is 0.643. The average molecular weight is 421 g/mol. The highest BCUT2D eigenvalue weighted by Gasteiger charge is 2.23. The SMILES string of the molecule is COc1ccc(C)c2sc(N(Cc3ccco3)C(=O)Cc3cc(C)ccc3C)nc12. The molecule has 0 bridgehead atoms. The lowest BCUT2D eigenvalue weighted by Crippen LogP contribution is -2.31. The van der Waals surface area contributed by atoms with Gasteiger partial charge in [-0.2, -0.15) is 0 Å². The molecule has 2 aromatic carbocycles. The summed E-state index contributed by atoms with van der Waals surface area (Å²) in [6.07, 6.45) is 1.93. The van der Waals surface area contributed by atoms with E-state index < -0.39 is 0 Å². The third-order valence-corrected chi connectivity index (χ3v) is 6.40. The first kappa shape index (κ1) is 20.2. The zero-order chi connectivity index (χ0) is 21.3. The summed E-state index contributed by atoms with van der Waals surface area (Å²) >= 11 is 1.50. The molecule has 0 saturated carbocycles. The Bertz CT molecular complexity index is 1190. The van der Waals surface area contributed by atoms with Crippen LogP contribution >= 0.6 is 11.3 Å². The number of benzene rings is 2. The van der Waals surface area contributed by atoms with Crippen molar-refractivity contribution < 1.29 is 13.9 Å². The summed E-state index contributed by atoms with van der Waals surface area (Å²) in [7, 11) is 1.63. The fourth-order valence-electron chi connectivity index (χ4n) is 3.45. The predicted molar refractivity (Wildman–Crippen MR) is 120 cm³/mol. The number of aryl methyl sites for hydroxylation is 3. The Hall–Kier alpha value is -3.12. The van der Waals surface area contributed by atoms with Gasteiger partial charge in [0.1, 0.15) is 17.0 Å². The van der Waals surface area contributed by atoms with E-state index in [-0.39, 0.29) is 5.91 Å². The van der Waals surface area contributed by atoms with Gasteiger partial charge in [0.25, 0.3) is 0 Å². The Kier molecular flexibility index (Phi) is 5.59. The lowest BCUT2D eigenvalue weighted by Gasteiger charge is -2.19. The van der Waals surface area contributed by atoms with Gasteiger partial charge in [0, 0.05) is 0 Å². The maximum absolute atomic E-state index is 13.4. The van der Waals surface area contributed by atoms with Crippen LogP contribution in [0.3, 0.4) is 0 Å². The number of aromatic nitrogens is 1. The Balaban J connectivity index is 1.75. The molecule has 6 heteroatoms. The fourth-order valence-corrected chi connectivity index (χ4v) is 4.52. The minimum Gasteiger partial charge on any atom is -0.494 e. The third-order valence-electron chi connectivity index (χ3n) is 5.18. The quantitative estimate of drug-likeness (QED) is 0.407. The number of thiazole rings is 1. The van der Waals surface area contributed by atoms with E-state index in [4.69, 9.17) is 14.1 Å². The van der Waals surface area contributed by atoms with Gasteiger partial charge in [-0.1, -0.05) is 41.2 Å². The van der Waals surface area contributed by atoms with E-state index in [1.54, 1.807) is 18.3 Å². The molecule has 0 aliphatic heterocycles. The van der Waals surface area contributed by atoms with Crippen LogP contribution in [0.15, 0.2) is 53.1 Å². The summed E-state index contributed by atoms with van der Waals surface area (Å²) < 4.78 is 12.0. The lowest BCUT2D eigenvalue weighted by molar-refractivity contribution is -0.118. The number of nitrogens with zero attached hydrogens (tertiary/aromatic N) is 2. The predicted octanol–water partition coefficient (Wildman–Crippen LogP) is 5.60. The number of methoxy groups -OCH3 is 1. The number of ether oxygens (including phenoxy) is 1. The van der Waals surface area contributed by atoms with Gasteiger partial charge in [-0.15, -0.1) is 0 Å². The Labute approximate surface area is 179 Å². The van der Waals surface area contributed by atoms with E-state index in [1.165, 1.54) is 11.3 Å². The van der Waals surface area contributed by atoms with Gasteiger partial charge < -0.3 is 9.15 Å². The molecular weight excluding hydrogens is 396 g/mol. The zero-order valence-electron chi connectivity index (χ0n) is 17.6. The van der Waals surface area contributed by atoms with Gasteiger partial charge in [-0.25, -0.2) is 4.98 Å². The number of fused-ring (bicyclic) bond motifs is 1. The highest BCUT2D eigenvalue weighted by atomic mass is 32.1. The molecule has 154 valence electrons. The van der Waals surface area contributed by atoms with E-state index in [0.29, 0.717) is 29.6 Å². The number of anilines is 1. The molecule has 4 rings (SSSR count). The van der Waals surface area contributed by atoms with Crippen molar-refractivity contribution in [2.45, 2.75) is 33.7 Å². The van der Waals surface area contributed by atoms with Crippen LogP contribution in [-0.4, -0.2) is 18.0 Å². The Morgan fingerprint density at radius 2 is 1.93 bits per heavy atom. The normalized spacial score (nSPS) is 11.1. The summed E-state index contributed by atoms with van der Waals surface area (Å²) in [5.41, 5.74) is 5.16. The zero-order valence-corrected chi connectivity index (χ0v) is 18.4. The van der Waals surface area contributed by atoms with Crippen LogP contribution in [0.5, 0.6) is 5.75 Å². The van der Waals surface area contributed by atoms with Crippen LogP contribution in [0.2, 0.25) is 0 Å². The number of amides is 1. The molecule has 2 heterocycles. The van der Waals surface area contributed by atoms with Gasteiger partial charge in [0.2, 0.25) is 5.91 Å². The van der Waals surface area contributed by atoms with Crippen molar-refractivity contribution in [3.63, 3.8) is 0 Å². The van der Waals surface area contributed by atoms with Crippen LogP contribution in [0.25, 0.3) is 10.2 Å². The Morgan fingerprint density at radius 3 is 2.67 bits per heavy atom. The molecule has 0 N–H and O–H groups in total. The van der Waals surface area contributed by atoms with E-state index in [0.717, 1.165) is 32.5 Å². The van der Waals surface area contributed by atoms with Gasteiger partial charge in [0.15, 0.2) is 5.13 Å². The Morgan fingerprint density at radius 1 is 1.13 bits per heavy atom. The van der Waals surface area contributed by atoms with Crippen LogP contribution in [0.4, 0.5) is 5.13 Å². The molecule has 0 spiro atoms. The van der Waals surface area contributed by atoms with Crippen LogP contribution in [0, 0.1) is 20.8 Å². The fraction of sp³-hybridized carbons (Fsp3) is 0.250. The molecule has 0 radical (unpaired) electrons. The van der Waals surface area contributed by atoms with Crippen molar-refractivity contribution in [3.05, 3.63) is 76.7 Å². The number of carbonyl (C=O) groups is 1. The number of hydrogen-bond acceptors (Lipinski definition) is 5. The molecule has 0 atom stereocenters. The maximum atomic E-state index is 13.4. The smallest absolute Gasteiger partial charge is 0.233 e. The number of furan rings is 1. The minimum atomic E-state index is -0.0178. The second-order valence-electron chi connectivity index (χ2n) is 7.42. The van der Waals surface area contributed by atoms with Crippen molar-refractivity contribution >= 4 is 32.6 Å². The summed E-state index contributed by atoms with van der Waals surface area (Å²) in [6.45, 7) is 6.44. The minimum absolute atomic E-state index is 0.0178. The summed E-state index contributed by atoms with van der Waals surface area (Å²) in [5.74, 6) is 1.40. The molecule has 0 fully saturated rings. The molecule has 4 aromatic rings. The van der Waals surface area contributed by atoms with Crippen LogP contribution in [-0.2, 0) is 17.8 Å². The number of carbonyl (C=O) groups excluding carboxylic acids is 1. The topological polar surface area (TPSA) is 55.6 Å². The summed E-state index contributed by atoms with van der Waals surface area (Å²) in [4.78, 5) is 19.9. The standard InChI is InChI=1S/C24H24N2O3S/c1-15-7-8-16(2)18(12-15)13-21(27)26(14-19-6-5-11-29-19)24-25-22-20(28-4)10-9-17(3)23(22)30-24/h5-12H,13-14H2,1-4H3. The highest BCUT2D eigenvalue weighted by Crippen LogP contribution is 2.37. The maximum Gasteiger partial charge on any atom is 0.233 e. The van der Waals surface area contributed by atoms with Crippen LogP contribution in [0.1, 0.15) is 28.0 Å². The molecule has 0 unspecified atom stereocenters. The van der Waals surface area contributed by atoms with E-state index in [9.17, 15) is 4.79 Å². The van der Waals surface area contributed by atoms with Crippen molar-refractivity contribution in [2.24, 2.45) is 0 Å². The molecule has 0 aliphatic carbocycles. The average Bonchev–Trinajstić information content (AvgIpc) is 3.39. The van der Waals surface area contributed by atoms with Crippen LogP contribution < -0.4 is 9.64 Å². The molecule has 0 aliphatic rings. The van der Waals surface area contributed by atoms with E-state index in [1.807, 2.05) is 45.0 Å². The number of hydrogen-bond donors (Lipinski definition) is 0. The monoisotopic (exact) mass is 420 g/mol. The van der Waals surface area contributed by atoms with E-state index in [2.05, 4.69) is 18.2 Å².